The zero-order chi connectivity index (χ0) is 7.47. The summed E-state index contributed by atoms with van der Waals surface area (Å²) in [4.78, 5) is 2.65. The van der Waals surface area contributed by atoms with Crippen molar-refractivity contribution < 1.29 is 0 Å². The maximum Gasteiger partial charge on any atom is 0.0194 e. The van der Waals surface area contributed by atoms with E-state index in [1.165, 1.54) is 44.3 Å². The van der Waals surface area contributed by atoms with Crippen LogP contribution in [0.3, 0.4) is 0 Å². The van der Waals surface area contributed by atoms with Gasteiger partial charge in [0.1, 0.15) is 0 Å². The minimum Gasteiger partial charge on any atom is -0.296 e. The molecule has 3 fully saturated rings. The van der Waals surface area contributed by atoms with Crippen molar-refractivity contribution in [2.45, 2.75) is 31.7 Å². The van der Waals surface area contributed by atoms with Gasteiger partial charge in [-0.15, -0.1) is 0 Å². The SMILES string of the molecule is C=C1CC2CC3(CC3)CN2C1. The molecule has 0 aromatic carbocycles. The molecule has 2 heterocycles. The first-order valence-corrected chi connectivity index (χ1v) is 4.68. The van der Waals surface area contributed by atoms with Gasteiger partial charge in [0.2, 0.25) is 0 Å². The third-order valence-corrected chi connectivity index (χ3v) is 3.63. The Morgan fingerprint density at radius 3 is 2.91 bits per heavy atom. The summed E-state index contributed by atoms with van der Waals surface area (Å²) in [6, 6.07) is 0.894. The van der Waals surface area contributed by atoms with Crippen LogP contribution in [-0.4, -0.2) is 24.0 Å². The predicted octanol–water partition coefficient (Wildman–Crippen LogP) is 1.80. The van der Waals surface area contributed by atoms with Gasteiger partial charge >= 0.3 is 0 Å². The highest BCUT2D eigenvalue weighted by atomic mass is 15.2. The first-order chi connectivity index (χ1) is 5.27. The lowest BCUT2D eigenvalue weighted by Crippen LogP contribution is -2.22. The van der Waals surface area contributed by atoms with E-state index >= 15 is 0 Å². The van der Waals surface area contributed by atoms with Crippen LogP contribution >= 0.6 is 0 Å². The Bertz CT molecular complexity index is 197. The molecule has 3 aliphatic rings. The summed E-state index contributed by atoms with van der Waals surface area (Å²) in [7, 11) is 0. The van der Waals surface area contributed by atoms with E-state index in [0.717, 1.165) is 11.5 Å². The van der Waals surface area contributed by atoms with Crippen LogP contribution in [0.4, 0.5) is 0 Å². The summed E-state index contributed by atoms with van der Waals surface area (Å²) in [6.45, 7) is 6.65. The van der Waals surface area contributed by atoms with Crippen molar-refractivity contribution >= 4 is 0 Å². The molecule has 1 heteroatoms. The highest BCUT2D eigenvalue weighted by Crippen LogP contribution is 2.56. The second kappa shape index (κ2) is 1.71. The molecule has 0 aromatic heterocycles. The van der Waals surface area contributed by atoms with E-state index in [-0.39, 0.29) is 0 Å². The summed E-state index contributed by atoms with van der Waals surface area (Å²) >= 11 is 0. The summed E-state index contributed by atoms with van der Waals surface area (Å²) < 4.78 is 0. The minimum absolute atomic E-state index is 0.811. The number of hydrogen-bond acceptors (Lipinski definition) is 1. The molecule has 1 aliphatic carbocycles. The monoisotopic (exact) mass is 149 g/mol. The molecule has 0 aromatic rings. The number of hydrogen-bond donors (Lipinski definition) is 0. The maximum atomic E-state index is 4.06. The predicted molar refractivity (Wildman–Crippen MR) is 45.4 cm³/mol. The molecule has 0 amide bonds. The van der Waals surface area contributed by atoms with Crippen LogP contribution in [0.5, 0.6) is 0 Å². The Labute approximate surface area is 68.1 Å². The minimum atomic E-state index is 0.811. The average Bonchev–Trinajstić information content (AvgIpc) is 2.44. The van der Waals surface area contributed by atoms with Gasteiger partial charge in [-0.1, -0.05) is 12.2 Å². The second-order valence-electron chi connectivity index (χ2n) is 4.72. The highest BCUT2D eigenvalue weighted by molar-refractivity contribution is 5.16. The van der Waals surface area contributed by atoms with E-state index in [4.69, 9.17) is 0 Å². The topological polar surface area (TPSA) is 3.24 Å². The second-order valence-corrected chi connectivity index (χ2v) is 4.72. The molecule has 0 N–H and O–H groups in total. The van der Waals surface area contributed by atoms with Gasteiger partial charge in [0.05, 0.1) is 0 Å². The van der Waals surface area contributed by atoms with Crippen LogP contribution in [0.2, 0.25) is 0 Å². The lowest BCUT2D eigenvalue weighted by Gasteiger charge is -2.12. The summed E-state index contributed by atoms with van der Waals surface area (Å²) in [6.07, 6.45) is 5.78. The molecule has 1 saturated carbocycles. The van der Waals surface area contributed by atoms with Gasteiger partial charge in [-0.2, -0.15) is 0 Å². The zero-order valence-corrected chi connectivity index (χ0v) is 6.97. The Morgan fingerprint density at radius 2 is 2.27 bits per heavy atom. The van der Waals surface area contributed by atoms with E-state index in [2.05, 4.69) is 11.5 Å². The normalized spacial score (nSPS) is 40.0. The smallest absolute Gasteiger partial charge is 0.0194 e. The van der Waals surface area contributed by atoms with Gasteiger partial charge in [0, 0.05) is 19.1 Å². The van der Waals surface area contributed by atoms with Crippen LogP contribution in [0.25, 0.3) is 0 Å². The number of nitrogens with zero attached hydrogens (tertiary/aromatic N) is 1. The van der Waals surface area contributed by atoms with E-state index in [0.29, 0.717) is 0 Å². The summed E-state index contributed by atoms with van der Waals surface area (Å²) in [5.74, 6) is 0. The van der Waals surface area contributed by atoms with Crippen molar-refractivity contribution in [2.75, 3.05) is 13.1 Å². The molecule has 2 aliphatic heterocycles. The molecule has 1 atom stereocenters. The molecule has 1 unspecified atom stereocenters. The van der Waals surface area contributed by atoms with Crippen molar-refractivity contribution in [3.05, 3.63) is 12.2 Å². The molecule has 0 bridgehead atoms. The quantitative estimate of drug-likeness (QED) is 0.475. The van der Waals surface area contributed by atoms with Crippen LogP contribution < -0.4 is 0 Å². The fourth-order valence-electron chi connectivity index (χ4n) is 2.86. The lowest BCUT2D eigenvalue weighted by molar-refractivity contribution is 0.319. The molecule has 60 valence electrons. The van der Waals surface area contributed by atoms with Crippen LogP contribution in [-0.2, 0) is 0 Å². The van der Waals surface area contributed by atoms with Gasteiger partial charge < -0.3 is 0 Å². The van der Waals surface area contributed by atoms with E-state index in [1.54, 1.807) is 0 Å². The Balaban J connectivity index is 1.81. The van der Waals surface area contributed by atoms with Gasteiger partial charge in [0.25, 0.3) is 0 Å². The van der Waals surface area contributed by atoms with Crippen molar-refractivity contribution in [3.8, 4) is 0 Å². The summed E-state index contributed by atoms with van der Waals surface area (Å²) in [5, 5.41) is 0. The largest absolute Gasteiger partial charge is 0.296 e. The first kappa shape index (κ1) is 6.24. The zero-order valence-electron chi connectivity index (χ0n) is 6.97. The van der Waals surface area contributed by atoms with Gasteiger partial charge in [-0.05, 0) is 31.1 Å². The fourth-order valence-corrected chi connectivity index (χ4v) is 2.86. The van der Waals surface area contributed by atoms with E-state index < -0.39 is 0 Å². The molecule has 1 nitrogen and oxygen atoms in total. The molecule has 0 radical (unpaired) electrons. The van der Waals surface area contributed by atoms with Crippen molar-refractivity contribution in [1.29, 1.82) is 0 Å². The van der Waals surface area contributed by atoms with Crippen LogP contribution in [0.15, 0.2) is 12.2 Å². The summed E-state index contributed by atoms with van der Waals surface area (Å²) in [5.41, 5.74) is 2.27. The highest BCUT2D eigenvalue weighted by Gasteiger charge is 2.53. The third kappa shape index (κ3) is 0.807. The number of rotatable bonds is 0. The molecular weight excluding hydrogens is 134 g/mol. The van der Waals surface area contributed by atoms with Crippen molar-refractivity contribution in [2.24, 2.45) is 5.41 Å². The van der Waals surface area contributed by atoms with E-state index in [9.17, 15) is 0 Å². The Morgan fingerprint density at radius 1 is 1.45 bits per heavy atom. The van der Waals surface area contributed by atoms with Gasteiger partial charge in [-0.3, -0.25) is 4.90 Å². The van der Waals surface area contributed by atoms with Crippen LogP contribution in [0, 0.1) is 5.41 Å². The van der Waals surface area contributed by atoms with Gasteiger partial charge in [-0.25, -0.2) is 0 Å². The van der Waals surface area contributed by atoms with Crippen LogP contribution in [0.1, 0.15) is 25.7 Å². The first-order valence-electron chi connectivity index (χ1n) is 4.68. The molecule has 11 heavy (non-hydrogen) atoms. The standard InChI is InChI=1S/C10H15N/c1-8-4-9-5-10(2-3-10)7-11(9)6-8/h9H,1-7H2. The molecule has 3 rings (SSSR count). The Kier molecular flexibility index (Phi) is 0.972. The lowest BCUT2D eigenvalue weighted by atomic mass is 10.0. The molecule has 1 spiro atoms. The van der Waals surface area contributed by atoms with Crippen molar-refractivity contribution in [3.63, 3.8) is 0 Å². The van der Waals surface area contributed by atoms with Gasteiger partial charge in [0.15, 0.2) is 0 Å². The maximum absolute atomic E-state index is 4.06. The van der Waals surface area contributed by atoms with E-state index in [1.807, 2.05) is 0 Å². The van der Waals surface area contributed by atoms with Crippen molar-refractivity contribution in [1.82, 2.24) is 4.90 Å². The third-order valence-electron chi connectivity index (χ3n) is 3.63. The average molecular weight is 149 g/mol. The number of fused-ring (bicyclic) bond motifs is 1. The fraction of sp³-hybridized carbons (Fsp3) is 0.800. The molecule has 2 saturated heterocycles. The molecular formula is C10H15N. The Hall–Kier alpha value is -0.300.